The second-order valence-corrected chi connectivity index (χ2v) is 10.1. The molecule has 2 aromatic carbocycles. The van der Waals surface area contributed by atoms with Crippen molar-refractivity contribution in [3.8, 4) is 11.1 Å². The van der Waals surface area contributed by atoms with E-state index in [1.165, 1.54) is 85.3 Å². The number of hydrogen-bond donors (Lipinski definition) is 0. The van der Waals surface area contributed by atoms with E-state index in [4.69, 9.17) is 0 Å². The number of carbonyl (C=O) groups excluding carboxylic acids is 1. The Morgan fingerprint density at radius 2 is 1.76 bits per heavy atom. The maximum atomic E-state index is 11.6. The number of hydrogen-bond acceptors (Lipinski definition) is 1. The molecule has 0 spiro atoms. The van der Waals surface area contributed by atoms with Gasteiger partial charge < -0.3 is 4.90 Å². The van der Waals surface area contributed by atoms with Crippen LogP contribution in [0.4, 0.5) is 0 Å². The van der Waals surface area contributed by atoms with Gasteiger partial charge in [-0.25, -0.2) is 0 Å². The lowest BCUT2D eigenvalue weighted by Gasteiger charge is -2.29. The predicted molar refractivity (Wildman–Crippen MR) is 142 cm³/mol. The number of benzene rings is 2. The molecule has 1 fully saturated rings. The van der Waals surface area contributed by atoms with Crippen molar-refractivity contribution in [2.24, 2.45) is 5.92 Å². The molecule has 1 amide bonds. The average molecular weight is 446 g/mol. The first-order valence-corrected chi connectivity index (χ1v) is 13.1. The van der Waals surface area contributed by atoms with Gasteiger partial charge in [0.25, 0.3) is 0 Å². The Labute approximate surface area is 202 Å². The Morgan fingerprint density at radius 3 is 2.39 bits per heavy atom. The second-order valence-electron chi connectivity index (χ2n) is 10.1. The lowest BCUT2D eigenvalue weighted by molar-refractivity contribution is -0.124. The van der Waals surface area contributed by atoms with E-state index in [2.05, 4.69) is 62.9 Å². The molecule has 178 valence electrons. The molecule has 1 aliphatic rings. The van der Waals surface area contributed by atoms with Crippen LogP contribution in [0.1, 0.15) is 87.3 Å². The number of rotatable bonds is 11. The second kappa shape index (κ2) is 12.8. The van der Waals surface area contributed by atoms with E-state index in [0.717, 1.165) is 31.2 Å². The van der Waals surface area contributed by atoms with Crippen molar-refractivity contribution < 1.29 is 4.79 Å². The third-order valence-electron chi connectivity index (χ3n) is 7.56. The highest BCUT2D eigenvalue weighted by molar-refractivity contribution is 5.86. The maximum absolute atomic E-state index is 11.6. The third-order valence-corrected chi connectivity index (χ3v) is 7.56. The Hall–Kier alpha value is -2.35. The van der Waals surface area contributed by atoms with E-state index < -0.39 is 0 Å². The monoisotopic (exact) mass is 445 g/mol. The van der Waals surface area contributed by atoms with Crippen molar-refractivity contribution in [3.63, 3.8) is 0 Å². The molecule has 3 rings (SSSR count). The first-order valence-electron chi connectivity index (χ1n) is 13.1. The zero-order valence-corrected chi connectivity index (χ0v) is 21.1. The summed E-state index contributed by atoms with van der Waals surface area (Å²) in [6.45, 7) is 8.82. The van der Waals surface area contributed by atoms with Crippen LogP contribution >= 0.6 is 0 Å². The molecule has 0 unspecified atom stereocenters. The van der Waals surface area contributed by atoms with Crippen LogP contribution in [0.25, 0.3) is 11.1 Å². The predicted octanol–water partition coefficient (Wildman–Crippen LogP) is 8.09. The molecule has 2 heteroatoms. The van der Waals surface area contributed by atoms with Crippen LogP contribution in [0.5, 0.6) is 0 Å². The number of carbonyl (C=O) groups is 1. The van der Waals surface area contributed by atoms with E-state index in [0.29, 0.717) is 0 Å². The smallest absolute Gasteiger partial charge is 0.245 e. The summed E-state index contributed by atoms with van der Waals surface area (Å²) in [5, 5.41) is 0. The summed E-state index contributed by atoms with van der Waals surface area (Å²) in [5.41, 5.74) is 6.82. The molecule has 1 aliphatic carbocycles. The molecular weight excluding hydrogens is 402 g/mol. The molecule has 0 saturated heterocycles. The van der Waals surface area contributed by atoms with E-state index >= 15 is 0 Å². The van der Waals surface area contributed by atoms with Gasteiger partial charge in [0.1, 0.15) is 0 Å². The van der Waals surface area contributed by atoms with E-state index in [1.54, 1.807) is 4.90 Å². The van der Waals surface area contributed by atoms with Crippen LogP contribution in [0.2, 0.25) is 0 Å². The van der Waals surface area contributed by atoms with Crippen molar-refractivity contribution in [1.82, 2.24) is 4.90 Å². The van der Waals surface area contributed by atoms with Crippen LogP contribution in [0.3, 0.4) is 0 Å². The summed E-state index contributed by atoms with van der Waals surface area (Å²) in [7, 11) is 1.83. The van der Waals surface area contributed by atoms with E-state index in [1.807, 2.05) is 7.05 Å². The highest BCUT2D eigenvalue weighted by atomic mass is 16.2. The Balaban J connectivity index is 1.53. The molecule has 0 bridgehead atoms. The molecule has 1 saturated carbocycles. The standard InChI is InChI=1S/C31H43NO/c1-5-7-8-10-25-12-15-27(16-13-25)28-17-19-29(20-18-28)30-21-14-26(23-24(30)3)11-9-22-32(4)31(33)6-2/h6,14,17-21,23,25,27H,2,5,7-13,15-16,22H2,1,3-4H3. The SMILES string of the molecule is C=CC(=O)N(C)CCCc1ccc(-c2ccc(C3CCC(CCCCC)CC3)cc2)c(C)c1. The summed E-state index contributed by atoms with van der Waals surface area (Å²) in [6.07, 6.45) is 14.5. The molecule has 2 aromatic rings. The van der Waals surface area contributed by atoms with E-state index in [-0.39, 0.29) is 5.91 Å². The molecule has 0 heterocycles. The van der Waals surface area contributed by atoms with Gasteiger partial charge in [0.2, 0.25) is 5.91 Å². The van der Waals surface area contributed by atoms with Gasteiger partial charge in [0.15, 0.2) is 0 Å². The largest absolute Gasteiger partial charge is 0.342 e. The fraction of sp³-hybridized carbons (Fsp3) is 0.516. The lowest BCUT2D eigenvalue weighted by atomic mass is 9.77. The topological polar surface area (TPSA) is 20.3 Å². The summed E-state index contributed by atoms with van der Waals surface area (Å²) in [4.78, 5) is 13.3. The Bertz CT molecular complexity index is 890. The lowest BCUT2D eigenvalue weighted by Crippen LogP contribution is -2.25. The third kappa shape index (κ3) is 7.32. The van der Waals surface area contributed by atoms with Crippen LogP contribution in [-0.2, 0) is 11.2 Å². The van der Waals surface area contributed by atoms with Gasteiger partial charge in [0, 0.05) is 13.6 Å². The fourth-order valence-electron chi connectivity index (χ4n) is 5.39. The number of aryl methyl sites for hydroxylation is 2. The molecular formula is C31H43NO. The molecule has 0 aliphatic heterocycles. The minimum absolute atomic E-state index is 0.00927. The molecule has 0 aromatic heterocycles. The van der Waals surface area contributed by atoms with Gasteiger partial charge in [-0.3, -0.25) is 4.79 Å². The van der Waals surface area contributed by atoms with Crippen LogP contribution < -0.4 is 0 Å². The van der Waals surface area contributed by atoms with Crippen molar-refractivity contribution in [3.05, 3.63) is 71.8 Å². The molecule has 2 nitrogen and oxygen atoms in total. The molecule has 33 heavy (non-hydrogen) atoms. The Kier molecular flexibility index (Phi) is 9.78. The first kappa shape index (κ1) is 25.3. The van der Waals surface area contributed by atoms with Crippen LogP contribution in [0.15, 0.2) is 55.1 Å². The molecule has 0 atom stereocenters. The number of amides is 1. The van der Waals surface area contributed by atoms with Crippen LogP contribution in [-0.4, -0.2) is 24.4 Å². The van der Waals surface area contributed by atoms with Crippen LogP contribution in [0, 0.1) is 12.8 Å². The fourth-order valence-corrected chi connectivity index (χ4v) is 5.39. The number of unbranched alkanes of at least 4 members (excludes halogenated alkanes) is 2. The van der Waals surface area contributed by atoms with Crippen molar-refractivity contribution >= 4 is 5.91 Å². The maximum Gasteiger partial charge on any atom is 0.245 e. The van der Waals surface area contributed by atoms with Gasteiger partial charge in [0.05, 0.1) is 0 Å². The summed E-state index contributed by atoms with van der Waals surface area (Å²) >= 11 is 0. The minimum atomic E-state index is -0.00927. The highest BCUT2D eigenvalue weighted by Gasteiger charge is 2.22. The van der Waals surface area contributed by atoms with E-state index in [9.17, 15) is 4.79 Å². The molecule has 0 radical (unpaired) electrons. The zero-order chi connectivity index (χ0) is 23.6. The highest BCUT2D eigenvalue weighted by Crippen LogP contribution is 2.38. The first-order chi connectivity index (χ1) is 16.0. The minimum Gasteiger partial charge on any atom is -0.342 e. The quantitative estimate of drug-likeness (QED) is 0.253. The van der Waals surface area contributed by atoms with Gasteiger partial charge in [-0.1, -0.05) is 81.7 Å². The van der Waals surface area contributed by atoms with Crippen molar-refractivity contribution in [2.45, 2.75) is 84.0 Å². The van der Waals surface area contributed by atoms with Gasteiger partial charge in [-0.15, -0.1) is 0 Å². The van der Waals surface area contributed by atoms with Gasteiger partial charge in [-0.2, -0.15) is 0 Å². The average Bonchev–Trinajstić information content (AvgIpc) is 2.84. The Morgan fingerprint density at radius 1 is 1.03 bits per heavy atom. The summed E-state index contributed by atoms with van der Waals surface area (Å²) in [5.74, 6) is 1.71. The zero-order valence-electron chi connectivity index (χ0n) is 21.1. The molecule has 0 N–H and O–H groups in total. The number of nitrogens with zero attached hydrogens (tertiary/aromatic N) is 1. The number of likely N-dealkylation sites (N-methyl/N-ethyl adjacent to an activating group) is 1. The van der Waals surface area contributed by atoms with Gasteiger partial charge >= 0.3 is 0 Å². The van der Waals surface area contributed by atoms with Crippen molar-refractivity contribution in [1.29, 1.82) is 0 Å². The van der Waals surface area contributed by atoms with Gasteiger partial charge in [-0.05, 0) is 91.2 Å². The summed E-state index contributed by atoms with van der Waals surface area (Å²) < 4.78 is 0. The normalized spacial score (nSPS) is 18.2. The summed E-state index contributed by atoms with van der Waals surface area (Å²) in [6, 6.07) is 16.2. The van der Waals surface area contributed by atoms with Crippen molar-refractivity contribution in [2.75, 3.05) is 13.6 Å².